The molecule has 0 atom stereocenters. The monoisotopic (exact) mass is 369 g/mol. The molecule has 146 valence electrons. The van der Waals surface area contributed by atoms with Gasteiger partial charge in [0, 0.05) is 38.8 Å². The van der Waals surface area contributed by atoms with Gasteiger partial charge in [0.15, 0.2) is 5.96 Å². The van der Waals surface area contributed by atoms with E-state index in [-0.39, 0.29) is 0 Å². The van der Waals surface area contributed by atoms with Gasteiger partial charge in [0.1, 0.15) is 5.75 Å². The summed E-state index contributed by atoms with van der Waals surface area (Å²) in [7, 11) is 1.99. The highest BCUT2D eigenvalue weighted by molar-refractivity contribution is 5.79. The van der Waals surface area contributed by atoms with Crippen molar-refractivity contribution in [3.8, 4) is 5.75 Å². The molecule has 0 saturated heterocycles. The van der Waals surface area contributed by atoms with Crippen molar-refractivity contribution in [2.24, 2.45) is 12.0 Å². The lowest BCUT2D eigenvalue weighted by Crippen LogP contribution is -2.38. The number of aliphatic imine (C=N–C) groups is 1. The Labute approximate surface area is 162 Å². The van der Waals surface area contributed by atoms with Gasteiger partial charge in [0.2, 0.25) is 0 Å². The highest BCUT2D eigenvalue weighted by Gasteiger charge is 2.12. The Balaban J connectivity index is 1.51. The van der Waals surface area contributed by atoms with Crippen molar-refractivity contribution in [1.29, 1.82) is 0 Å². The van der Waals surface area contributed by atoms with Crippen LogP contribution >= 0.6 is 0 Å². The van der Waals surface area contributed by atoms with Crippen molar-refractivity contribution in [3.63, 3.8) is 0 Å². The molecule has 0 fully saturated rings. The predicted octanol–water partition coefficient (Wildman–Crippen LogP) is 2.31. The number of ether oxygens (including phenoxy) is 1. The minimum Gasteiger partial charge on any atom is -0.493 e. The summed E-state index contributed by atoms with van der Waals surface area (Å²) in [5.74, 6) is 1.92. The summed E-state index contributed by atoms with van der Waals surface area (Å²) >= 11 is 0. The summed E-state index contributed by atoms with van der Waals surface area (Å²) in [4.78, 5) is 4.73. The van der Waals surface area contributed by atoms with Crippen LogP contribution in [0.1, 0.15) is 35.0 Å². The fourth-order valence-corrected chi connectivity index (χ4v) is 3.52. The van der Waals surface area contributed by atoms with Gasteiger partial charge in [-0.15, -0.1) is 0 Å². The molecule has 0 radical (unpaired) electrons. The molecule has 0 amide bonds. The Morgan fingerprint density at radius 1 is 1.26 bits per heavy atom. The second-order valence-corrected chi connectivity index (χ2v) is 7.00. The summed E-state index contributed by atoms with van der Waals surface area (Å²) in [6, 6.07) is 6.52. The first-order valence-corrected chi connectivity index (χ1v) is 9.84. The van der Waals surface area contributed by atoms with E-state index in [1.165, 1.54) is 22.4 Å². The van der Waals surface area contributed by atoms with E-state index in [0.717, 1.165) is 62.9 Å². The first-order chi connectivity index (χ1) is 13.1. The van der Waals surface area contributed by atoms with Crippen LogP contribution in [0.5, 0.6) is 5.75 Å². The van der Waals surface area contributed by atoms with Crippen molar-refractivity contribution in [2.45, 2.75) is 40.0 Å². The summed E-state index contributed by atoms with van der Waals surface area (Å²) in [5.41, 5.74) is 6.29. The first kappa shape index (κ1) is 19.3. The number of nitrogens with one attached hydrogen (secondary N) is 2. The van der Waals surface area contributed by atoms with Crippen LogP contribution in [0.4, 0.5) is 0 Å². The van der Waals surface area contributed by atoms with Crippen molar-refractivity contribution < 1.29 is 4.74 Å². The van der Waals surface area contributed by atoms with Gasteiger partial charge in [-0.05, 0) is 56.4 Å². The molecule has 0 saturated carbocycles. The van der Waals surface area contributed by atoms with Crippen LogP contribution in [0.3, 0.4) is 0 Å². The van der Waals surface area contributed by atoms with Crippen LogP contribution < -0.4 is 15.4 Å². The Morgan fingerprint density at radius 3 is 2.85 bits per heavy atom. The van der Waals surface area contributed by atoms with Gasteiger partial charge in [-0.1, -0.05) is 12.1 Å². The second-order valence-electron chi connectivity index (χ2n) is 7.00. The number of hydrogen-bond acceptors (Lipinski definition) is 3. The molecule has 27 heavy (non-hydrogen) atoms. The lowest BCUT2D eigenvalue weighted by atomic mass is 10.1. The van der Waals surface area contributed by atoms with Crippen molar-refractivity contribution >= 4 is 5.96 Å². The SMILES string of the molecule is CCNC(=NCCc1c(C)nn(C)c1C)NCCc1ccc2c(c1)CCO2. The zero-order chi connectivity index (χ0) is 19.2. The number of nitrogens with zero attached hydrogens (tertiary/aromatic N) is 3. The molecule has 1 aliphatic heterocycles. The van der Waals surface area contributed by atoms with E-state index in [9.17, 15) is 0 Å². The number of aromatic nitrogens is 2. The van der Waals surface area contributed by atoms with E-state index >= 15 is 0 Å². The Bertz CT molecular complexity index is 809. The van der Waals surface area contributed by atoms with Gasteiger partial charge in [0.05, 0.1) is 12.3 Å². The summed E-state index contributed by atoms with van der Waals surface area (Å²) in [5, 5.41) is 11.3. The average molecular weight is 370 g/mol. The highest BCUT2D eigenvalue weighted by Crippen LogP contribution is 2.25. The quantitative estimate of drug-likeness (QED) is 0.581. The molecule has 3 rings (SSSR count). The fourth-order valence-electron chi connectivity index (χ4n) is 3.52. The normalized spacial score (nSPS) is 13.4. The zero-order valence-corrected chi connectivity index (χ0v) is 16.9. The van der Waals surface area contributed by atoms with Gasteiger partial charge in [-0.3, -0.25) is 9.67 Å². The first-order valence-electron chi connectivity index (χ1n) is 9.84. The van der Waals surface area contributed by atoms with E-state index in [0.29, 0.717) is 0 Å². The maximum Gasteiger partial charge on any atom is 0.191 e. The summed E-state index contributed by atoms with van der Waals surface area (Å²) in [6.07, 6.45) is 2.90. The van der Waals surface area contributed by atoms with Crippen molar-refractivity contribution in [1.82, 2.24) is 20.4 Å². The molecule has 0 aliphatic carbocycles. The number of aryl methyl sites for hydroxylation is 2. The standard InChI is InChI=1S/C21H31N5O/c1-5-22-21(24-12-9-19-15(2)25-26(4)16(19)3)23-11-8-17-6-7-20-18(14-17)10-13-27-20/h6-7,14H,5,8-13H2,1-4H3,(H2,22,23,24). The minimum absolute atomic E-state index is 0.749. The fraction of sp³-hybridized carbons (Fsp3) is 0.524. The van der Waals surface area contributed by atoms with E-state index < -0.39 is 0 Å². The molecule has 0 spiro atoms. The number of benzene rings is 1. The topological polar surface area (TPSA) is 63.5 Å². The Kier molecular flexibility index (Phi) is 6.37. The van der Waals surface area contributed by atoms with Crippen LogP contribution in [0.15, 0.2) is 23.2 Å². The molecule has 1 aromatic heterocycles. The average Bonchev–Trinajstić information content (AvgIpc) is 3.20. The van der Waals surface area contributed by atoms with E-state index in [4.69, 9.17) is 9.73 Å². The van der Waals surface area contributed by atoms with E-state index in [1.54, 1.807) is 0 Å². The summed E-state index contributed by atoms with van der Waals surface area (Å²) in [6.45, 7) is 9.54. The highest BCUT2D eigenvalue weighted by atomic mass is 16.5. The number of guanidine groups is 1. The maximum atomic E-state index is 5.58. The lowest BCUT2D eigenvalue weighted by Gasteiger charge is -2.12. The van der Waals surface area contributed by atoms with Gasteiger partial charge >= 0.3 is 0 Å². The van der Waals surface area contributed by atoms with Gasteiger partial charge < -0.3 is 15.4 Å². The largest absolute Gasteiger partial charge is 0.493 e. The van der Waals surface area contributed by atoms with Crippen LogP contribution in [0, 0.1) is 13.8 Å². The molecule has 1 aromatic carbocycles. The predicted molar refractivity (Wildman–Crippen MR) is 110 cm³/mol. The van der Waals surface area contributed by atoms with Crippen LogP contribution in [-0.4, -0.2) is 42.0 Å². The van der Waals surface area contributed by atoms with Gasteiger partial charge in [0.25, 0.3) is 0 Å². The van der Waals surface area contributed by atoms with Crippen molar-refractivity contribution in [3.05, 3.63) is 46.3 Å². The second kappa shape index (κ2) is 8.93. The Hall–Kier alpha value is -2.50. The third-order valence-electron chi connectivity index (χ3n) is 5.09. The third kappa shape index (κ3) is 4.81. The molecule has 1 aliphatic rings. The van der Waals surface area contributed by atoms with Gasteiger partial charge in [-0.25, -0.2) is 0 Å². The van der Waals surface area contributed by atoms with Crippen LogP contribution in [0.25, 0.3) is 0 Å². The number of rotatable bonds is 7. The molecule has 2 heterocycles. The van der Waals surface area contributed by atoms with E-state index in [2.05, 4.69) is 54.7 Å². The van der Waals surface area contributed by atoms with E-state index in [1.807, 2.05) is 11.7 Å². The molecular weight excluding hydrogens is 338 g/mol. The molecular formula is C21H31N5O. The molecule has 6 heteroatoms. The molecule has 2 N–H and O–H groups in total. The molecule has 6 nitrogen and oxygen atoms in total. The van der Waals surface area contributed by atoms with Crippen molar-refractivity contribution in [2.75, 3.05) is 26.2 Å². The smallest absolute Gasteiger partial charge is 0.191 e. The minimum atomic E-state index is 0.749. The van der Waals surface area contributed by atoms with Crippen LogP contribution in [-0.2, 0) is 26.3 Å². The molecule has 0 unspecified atom stereocenters. The van der Waals surface area contributed by atoms with Gasteiger partial charge in [-0.2, -0.15) is 5.10 Å². The molecule has 0 bridgehead atoms. The lowest BCUT2D eigenvalue weighted by molar-refractivity contribution is 0.357. The maximum absolute atomic E-state index is 5.58. The molecule has 2 aromatic rings. The zero-order valence-electron chi connectivity index (χ0n) is 16.9. The van der Waals surface area contributed by atoms with Crippen LogP contribution in [0.2, 0.25) is 0 Å². The third-order valence-corrected chi connectivity index (χ3v) is 5.09. The Morgan fingerprint density at radius 2 is 2.11 bits per heavy atom. The number of hydrogen-bond donors (Lipinski definition) is 2. The number of fused-ring (bicyclic) bond motifs is 1. The summed E-state index contributed by atoms with van der Waals surface area (Å²) < 4.78 is 7.52.